The summed E-state index contributed by atoms with van der Waals surface area (Å²) in [7, 11) is 0. The maximum atomic E-state index is 12.3. The van der Waals surface area contributed by atoms with E-state index in [0.717, 1.165) is 11.6 Å². The Hall–Kier alpha value is -4.15. The average molecular weight is 545 g/mol. The first-order chi connectivity index (χ1) is 17.7. The van der Waals surface area contributed by atoms with Crippen LogP contribution in [-0.4, -0.2) is 36.2 Å². The van der Waals surface area contributed by atoms with Crippen LogP contribution >= 0.6 is 23.2 Å². The fourth-order valence-corrected chi connectivity index (χ4v) is 3.52. The molecule has 0 heterocycles. The Bertz CT molecular complexity index is 1360. The molecular weight excluding hydrogens is 523 g/mol. The van der Waals surface area contributed by atoms with Gasteiger partial charge in [-0.05, 0) is 55.3 Å². The predicted molar refractivity (Wildman–Crippen MR) is 141 cm³/mol. The van der Waals surface area contributed by atoms with E-state index in [4.69, 9.17) is 32.7 Å². The summed E-state index contributed by atoms with van der Waals surface area (Å²) in [5, 5.41) is 18.1. The lowest BCUT2D eigenvalue weighted by molar-refractivity contribution is -0.384. The van der Waals surface area contributed by atoms with Crippen molar-refractivity contribution in [2.75, 3.05) is 18.5 Å². The van der Waals surface area contributed by atoms with Crippen molar-refractivity contribution in [1.29, 1.82) is 0 Å². The fraction of sp³-hybridized carbons (Fsp3) is 0.160. The van der Waals surface area contributed by atoms with Crippen molar-refractivity contribution in [2.45, 2.75) is 13.8 Å². The fourth-order valence-electron chi connectivity index (χ4n) is 3.06. The molecule has 0 aromatic heterocycles. The molecule has 192 valence electrons. The average Bonchev–Trinajstić information content (AvgIpc) is 2.86. The van der Waals surface area contributed by atoms with Crippen LogP contribution < -0.4 is 20.2 Å². The van der Waals surface area contributed by atoms with Crippen molar-refractivity contribution < 1.29 is 24.0 Å². The number of hydrogen-bond acceptors (Lipinski definition) is 7. The van der Waals surface area contributed by atoms with Crippen LogP contribution in [0, 0.1) is 17.0 Å². The molecule has 2 amide bonds. The van der Waals surface area contributed by atoms with E-state index in [0.29, 0.717) is 22.9 Å². The second-order valence-electron chi connectivity index (χ2n) is 7.57. The highest BCUT2D eigenvalue weighted by molar-refractivity contribution is 6.32. The summed E-state index contributed by atoms with van der Waals surface area (Å²) in [4.78, 5) is 34.9. The summed E-state index contributed by atoms with van der Waals surface area (Å²) in [6.07, 6.45) is 1.32. The van der Waals surface area contributed by atoms with Gasteiger partial charge in [0.15, 0.2) is 18.1 Å². The number of rotatable bonds is 10. The Morgan fingerprint density at radius 1 is 1.08 bits per heavy atom. The quantitative estimate of drug-likeness (QED) is 0.200. The number of anilines is 1. The maximum Gasteiger partial charge on any atom is 0.271 e. The van der Waals surface area contributed by atoms with Crippen LogP contribution in [0.5, 0.6) is 11.5 Å². The predicted octanol–water partition coefficient (Wildman–Crippen LogP) is 5.39. The minimum absolute atomic E-state index is 0.0781. The molecule has 10 nitrogen and oxygen atoms in total. The van der Waals surface area contributed by atoms with E-state index in [2.05, 4.69) is 15.8 Å². The number of carbonyl (C=O) groups excluding carboxylic acids is 2. The van der Waals surface area contributed by atoms with Crippen LogP contribution in [0.25, 0.3) is 0 Å². The standard InChI is InChI=1S/C25H22Cl2N4O6/c1-3-36-22-10-16(13-28-30-25(33)17-5-4-6-19(11-17)31(34)35)9-21(27)24(22)37-14-23(32)29-18-8-7-15(2)20(26)12-18/h4-13H,3,14H2,1-2H3,(H,29,32)(H,30,33)/b28-13+. The van der Waals surface area contributed by atoms with Crippen molar-refractivity contribution in [1.82, 2.24) is 5.43 Å². The lowest BCUT2D eigenvalue weighted by Crippen LogP contribution is -2.20. The zero-order chi connectivity index (χ0) is 26.9. The van der Waals surface area contributed by atoms with Crippen molar-refractivity contribution in [3.05, 3.63) is 91.4 Å². The first-order valence-corrected chi connectivity index (χ1v) is 11.7. The number of hydrogen-bond donors (Lipinski definition) is 2. The van der Waals surface area contributed by atoms with Crippen LogP contribution in [0.15, 0.2) is 59.7 Å². The third-order valence-electron chi connectivity index (χ3n) is 4.83. The van der Waals surface area contributed by atoms with Gasteiger partial charge in [0.2, 0.25) is 0 Å². The molecule has 0 bridgehead atoms. The van der Waals surface area contributed by atoms with Gasteiger partial charge in [-0.1, -0.05) is 35.3 Å². The molecule has 3 aromatic carbocycles. The van der Waals surface area contributed by atoms with Gasteiger partial charge < -0.3 is 14.8 Å². The minimum atomic E-state index is -0.628. The van der Waals surface area contributed by atoms with E-state index in [1.807, 2.05) is 6.92 Å². The molecule has 0 spiro atoms. The molecule has 0 saturated heterocycles. The number of nitrogens with zero attached hydrogens (tertiary/aromatic N) is 2. The maximum absolute atomic E-state index is 12.3. The molecule has 37 heavy (non-hydrogen) atoms. The molecule has 0 unspecified atom stereocenters. The van der Waals surface area contributed by atoms with Crippen molar-refractivity contribution in [3.8, 4) is 11.5 Å². The Labute approximate surface area is 222 Å². The van der Waals surface area contributed by atoms with Gasteiger partial charge in [0.25, 0.3) is 17.5 Å². The van der Waals surface area contributed by atoms with E-state index in [1.54, 1.807) is 31.2 Å². The molecular formula is C25H22Cl2N4O6. The first kappa shape index (κ1) is 27.4. The summed E-state index contributed by atoms with van der Waals surface area (Å²) in [6, 6.07) is 13.5. The van der Waals surface area contributed by atoms with E-state index >= 15 is 0 Å². The van der Waals surface area contributed by atoms with Crippen molar-refractivity contribution in [3.63, 3.8) is 0 Å². The molecule has 2 N–H and O–H groups in total. The number of hydrazone groups is 1. The van der Waals surface area contributed by atoms with Crippen LogP contribution in [0.4, 0.5) is 11.4 Å². The zero-order valence-corrected chi connectivity index (χ0v) is 21.3. The summed E-state index contributed by atoms with van der Waals surface area (Å²) < 4.78 is 11.2. The highest BCUT2D eigenvalue weighted by Crippen LogP contribution is 2.36. The number of carbonyl (C=O) groups is 2. The van der Waals surface area contributed by atoms with Gasteiger partial charge in [-0.25, -0.2) is 5.43 Å². The molecule has 12 heteroatoms. The number of halogens is 2. The van der Waals surface area contributed by atoms with E-state index in [-0.39, 0.29) is 34.4 Å². The second kappa shape index (κ2) is 12.7. The number of aryl methyl sites for hydroxylation is 1. The monoisotopic (exact) mass is 544 g/mol. The Morgan fingerprint density at radius 3 is 2.57 bits per heavy atom. The summed E-state index contributed by atoms with van der Waals surface area (Å²) in [6.45, 7) is 3.59. The number of benzene rings is 3. The van der Waals surface area contributed by atoms with E-state index < -0.39 is 16.7 Å². The smallest absolute Gasteiger partial charge is 0.271 e. The number of non-ortho nitro benzene ring substituents is 1. The van der Waals surface area contributed by atoms with Crippen LogP contribution in [0.3, 0.4) is 0 Å². The molecule has 0 aliphatic carbocycles. The second-order valence-corrected chi connectivity index (χ2v) is 8.38. The van der Waals surface area contributed by atoms with Gasteiger partial charge >= 0.3 is 0 Å². The topological polar surface area (TPSA) is 132 Å². The molecule has 0 atom stereocenters. The van der Waals surface area contributed by atoms with Gasteiger partial charge in [-0.2, -0.15) is 5.10 Å². The van der Waals surface area contributed by atoms with Crippen LogP contribution in [-0.2, 0) is 4.79 Å². The third kappa shape index (κ3) is 7.66. The SMILES string of the molecule is CCOc1cc(/C=N/NC(=O)c2cccc([N+](=O)[O-])c2)cc(Cl)c1OCC(=O)Nc1ccc(C)c(Cl)c1. The van der Waals surface area contributed by atoms with E-state index in [9.17, 15) is 19.7 Å². The van der Waals surface area contributed by atoms with Crippen LogP contribution in [0.2, 0.25) is 10.0 Å². The van der Waals surface area contributed by atoms with Crippen LogP contribution in [0.1, 0.15) is 28.4 Å². The Morgan fingerprint density at radius 2 is 1.86 bits per heavy atom. The van der Waals surface area contributed by atoms with Gasteiger partial charge in [0, 0.05) is 28.4 Å². The molecule has 0 fully saturated rings. The van der Waals surface area contributed by atoms with E-state index in [1.165, 1.54) is 30.5 Å². The van der Waals surface area contributed by atoms with Gasteiger partial charge in [0.05, 0.1) is 22.8 Å². The number of nitro benzene ring substituents is 1. The minimum Gasteiger partial charge on any atom is -0.490 e. The first-order valence-electron chi connectivity index (χ1n) is 10.9. The number of nitrogens with one attached hydrogen (secondary N) is 2. The van der Waals surface area contributed by atoms with Crippen molar-refractivity contribution in [2.24, 2.45) is 5.10 Å². The van der Waals surface area contributed by atoms with Gasteiger partial charge in [0.1, 0.15) is 0 Å². The highest BCUT2D eigenvalue weighted by Gasteiger charge is 2.15. The molecule has 0 radical (unpaired) electrons. The summed E-state index contributed by atoms with van der Waals surface area (Å²) >= 11 is 12.5. The number of amides is 2. The molecule has 0 aliphatic heterocycles. The molecule has 0 aliphatic rings. The third-order valence-corrected chi connectivity index (χ3v) is 5.52. The Kier molecular flexibility index (Phi) is 9.42. The number of ether oxygens (including phenoxy) is 2. The zero-order valence-electron chi connectivity index (χ0n) is 19.8. The Balaban J connectivity index is 1.67. The van der Waals surface area contributed by atoms with Gasteiger partial charge in [-0.3, -0.25) is 19.7 Å². The summed E-state index contributed by atoms with van der Waals surface area (Å²) in [5.41, 5.74) is 4.05. The highest BCUT2D eigenvalue weighted by atomic mass is 35.5. The number of nitro groups is 1. The van der Waals surface area contributed by atoms with Crippen molar-refractivity contribution >= 4 is 52.6 Å². The molecule has 0 saturated carbocycles. The molecule has 3 rings (SSSR count). The lowest BCUT2D eigenvalue weighted by atomic mass is 10.2. The summed E-state index contributed by atoms with van der Waals surface area (Å²) in [5.74, 6) is -0.615. The lowest BCUT2D eigenvalue weighted by Gasteiger charge is -2.14. The normalized spacial score (nSPS) is 10.7. The van der Waals surface area contributed by atoms with Gasteiger partial charge in [-0.15, -0.1) is 0 Å². The molecule has 3 aromatic rings. The largest absolute Gasteiger partial charge is 0.490 e.